The number of nitrogens with one attached hydrogen (secondary N) is 2. The first-order valence-electron chi connectivity index (χ1n) is 11.6. The molecule has 0 spiro atoms. The van der Waals surface area contributed by atoms with Crippen LogP contribution in [0.1, 0.15) is 6.92 Å². The van der Waals surface area contributed by atoms with Crippen molar-refractivity contribution in [3.05, 3.63) is 84.7 Å². The highest BCUT2D eigenvalue weighted by Crippen LogP contribution is 2.33. The number of hydrogen-bond acceptors (Lipinski definition) is 5. The summed E-state index contributed by atoms with van der Waals surface area (Å²) in [5.41, 5.74) is 1.38. The third-order valence-corrected chi connectivity index (χ3v) is 7.03. The number of anilines is 2. The van der Waals surface area contributed by atoms with E-state index in [1.54, 1.807) is 23.9 Å². The van der Waals surface area contributed by atoms with Crippen molar-refractivity contribution < 1.29 is 14.0 Å². The SMILES string of the molecule is CC(C(=O)Nc1ccccc1Sc1ccccc1)N1CCN(CC(=O)Nc2ccc(F)cc2)CC1. The van der Waals surface area contributed by atoms with E-state index >= 15 is 0 Å². The van der Waals surface area contributed by atoms with Gasteiger partial charge in [0.2, 0.25) is 11.8 Å². The maximum Gasteiger partial charge on any atom is 0.241 e. The lowest BCUT2D eigenvalue weighted by molar-refractivity contribution is -0.122. The smallest absolute Gasteiger partial charge is 0.241 e. The average Bonchev–Trinajstić information content (AvgIpc) is 2.87. The molecule has 0 saturated carbocycles. The fourth-order valence-corrected chi connectivity index (χ4v) is 4.85. The van der Waals surface area contributed by atoms with Gasteiger partial charge in [0.25, 0.3) is 0 Å². The molecule has 0 aliphatic carbocycles. The number of hydrogen-bond donors (Lipinski definition) is 2. The lowest BCUT2D eigenvalue weighted by Gasteiger charge is -2.37. The van der Waals surface area contributed by atoms with Gasteiger partial charge in [-0.2, -0.15) is 0 Å². The summed E-state index contributed by atoms with van der Waals surface area (Å²) in [6, 6.07) is 23.3. The minimum atomic E-state index is -0.337. The van der Waals surface area contributed by atoms with Crippen molar-refractivity contribution in [2.45, 2.75) is 22.8 Å². The summed E-state index contributed by atoms with van der Waals surface area (Å²) in [7, 11) is 0. The van der Waals surface area contributed by atoms with Gasteiger partial charge in [-0.1, -0.05) is 42.1 Å². The van der Waals surface area contributed by atoms with Crippen molar-refractivity contribution >= 4 is 35.0 Å². The number of benzene rings is 3. The Labute approximate surface area is 209 Å². The molecule has 1 unspecified atom stereocenters. The average molecular weight is 493 g/mol. The molecular weight excluding hydrogens is 463 g/mol. The van der Waals surface area contributed by atoms with Crippen LogP contribution in [-0.2, 0) is 9.59 Å². The van der Waals surface area contributed by atoms with Crippen LogP contribution in [-0.4, -0.2) is 60.4 Å². The molecule has 0 aromatic heterocycles. The molecule has 0 bridgehead atoms. The standard InChI is InChI=1S/C27H29FN4O2S/c1-20(27(34)30-24-9-5-6-10-25(24)35-23-7-3-2-4-8-23)32-17-15-31(16-18-32)19-26(33)29-22-13-11-21(28)12-14-22/h2-14,20H,15-19H2,1H3,(H,29,33)(H,30,34). The van der Waals surface area contributed by atoms with Crippen LogP contribution in [0.4, 0.5) is 15.8 Å². The third kappa shape index (κ3) is 7.14. The Morgan fingerprint density at radius 3 is 2.26 bits per heavy atom. The summed E-state index contributed by atoms with van der Waals surface area (Å²) in [5.74, 6) is -0.521. The predicted octanol–water partition coefficient (Wildman–Crippen LogP) is 4.56. The molecule has 4 rings (SSSR count). The maximum atomic E-state index is 13.0. The number of carbonyl (C=O) groups is 2. The van der Waals surface area contributed by atoms with E-state index in [1.807, 2.05) is 61.5 Å². The van der Waals surface area contributed by atoms with Crippen molar-refractivity contribution in [2.24, 2.45) is 0 Å². The van der Waals surface area contributed by atoms with E-state index in [2.05, 4.69) is 20.4 Å². The molecule has 182 valence electrons. The van der Waals surface area contributed by atoms with Gasteiger partial charge >= 0.3 is 0 Å². The Kier molecular flexibility index (Phi) is 8.52. The van der Waals surface area contributed by atoms with Crippen LogP contribution >= 0.6 is 11.8 Å². The van der Waals surface area contributed by atoms with Gasteiger partial charge in [-0.05, 0) is 55.5 Å². The van der Waals surface area contributed by atoms with E-state index in [1.165, 1.54) is 12.1 Å². The highest BCUT2D eigenvalue weighted by Gasteiger charge is 2.26. The minimum Gasteiger partial charge on any atom is -0.325 e. The van der Waals surface area contributed by atoms with Crippen LogP contribution < -0.4 is 10.6 Å². The Balaban J connectivity index is 1.26. The molecule has 8 heteroatoms. The second kappa shape index (κ2) is 12.0. The largest absolute Gasteiger partial charge is 0.325 e. The van der Waals surface area contributed by atoms with Crippen molar-refractivity contribution in [1.29, 1.82) is 0 Å². The summed E-state index contributed by atoms with van der Waals surface area (Å²) in [6.07, 6.45) is 0. The van der Waals surface area contributed by atoms with Crippen LogP contribution in [0.5, 0.6) is 0 Å². The van der Waals surface area contributed by atoms with Crippen molar-refractivity contribution in [1.82, 2.24) is 9.80 Å². The Morgan fingerprint density at radius 1 is 0.886 bits per heavy atom. The summed E-state index contributed by atoms with van der Waals surface area (Å²) >= 11 is 1.62. The summed E-state index contributed by atoms with van der Waals surface area (Å²) in [4.78, 5) is 31.7. The first-order valence-corrected chi connectivity index (χ1v) is 12.4. The van der Waals surface area contributed by atoms with Gasteiger partial charge in [0.1, 0.15) is 5.82 Å². The van der Waals surface area contributed by atoms with E-state index in [0.29, 0.717) is 31.9 Å². The molecule has 1 fully saturated rings. The van der Waals surface area contributed by atoms with E-state index < -0.39 is 0 Å². The van der Waals surface area contributed by atoms with E-state index in [-0.39, 0.29) is 30.2 Å². The quantitative estimate of drug-likeness (QED) is 0.483. The molecule has 1 atom stereocenters. The van der Waals surface area contributed by atoms with Gasteiger partial charge in [0.05, 0.1) is 18.3 Å². The topological polar surface area (TPSA) is 64.7 Å². The Morgan fingerprint density at radius 2 is 1.54 bits per heavy atom. The number of piperazine rings is 1. The molecule has 0 radical (unpaired) electrons. The van der Waals surface area contributed by atoms with E-state index in [0.717, 1.165) is 15.5 Å². The summed E-state index contributed by atoms with van der Waals surface area (Å²) in [5, 5.41) is 5.89. The Hall–Kier alpha value is -3.20. The molecule has 1 aliphatic heterocycles. The zero-order valence-corrected chi connectivity index (χ0v) is 20.4. The summed E-state index contributed by atoms with van der Waals surface area (Å²) < 4.78 is 13.0. The highest BCUT2D eigenvalue weighted by atomic mass is 32.2. The van der Waals surface area contributed by atoms with Gasteiger partial charge in [-0.3, -0.25) is 19.4 Å². The number of para-hydroxylation sites is 1. The van der Waals surface area contributed by atoms with Crippen molar-refractivity contribution in [3.63, 3.8) is 0 Å². The number of rotatable bonds is 8. The van der Waals surface area contributed by atoms with Gasteiger partial charge in [0, 0.05) is 41.7 Å². The first kappa shape index (κ1) is 24.9. The highest BCUT2D eigenvalue weighted by molar-refractivity contribution is 7.99. The van der Waals surface area contributed by atoms with Crippen LogP contribution in [0.25, 0.3) is 0 Å². The van der Waals surface area contributed by atoms with Crippen LogP contribution in [0.3, 0.4) is 0 Å². The lowest BCUT2D eigenvalue weighted by atomic mass is 10.2. The van der Waals surface area contributed by atoms with E-state index in [4.69, 9.17) is 0 Å². The van der Waals surface area contributed by atoms with Crippen molar-refractivity contribution in [3.8, 4) is 0 Å². The molecule has 1 aliphatic rings. The van der Waals surface area contributed by atoms with Gasteiger partial charge < -0.3 is 10.6 Å². The summed E-state index contributed by atoms with van der Waals surface area (Å²) in [6.45, 7) is 4.94. The first-order chi connectivity index (χ1) is 17.0. The molecule has 35 heavy (non-hydrogen) atoms. The third-order valence-electron chi connectivity index (χ3n) is 5.95. The number of amides is 2. The van der Waals surface area contributed by atoms with E-state index in [9.17, 15) is 14.0 Å². The number of carbonyl (C=O) groups excluding carboxylic acids is 2. The fraction of sp³-hybridized carbons (Fsp3) is 0.259. The van der Waals surface area contributed by atoms with Crippen LogP contribution in [0, 0.1) is 5.82 Å². The molecule has 3 aromatic carbocycles. The zero-order valence-electron chi connectivity index (χ0n) is 19.6. The minimum absolute atomic E-state index is 0.0476. The molecular formula is C27H29FN4O2S. The van der Waals surface area contributed by atoms with Crippen LogP contribution in [0.2, 0.25) is 0 Å². The zero-order chi connectivity index (χ0) is 24.6. The lowest BCUT2D eigenvalue weighted by Crippen LogP contribution is -2.53. The molecule has 1 saturated heterocycles. The normalized spacial score (nSPS) is 15.4. The second-order valence-corrected chi connectivity index (χ2v) is 9.56. The van der Waals surface area contributed by atoms with Gasteiger partial charge in [0.15, 0.2) is 0 Å². The number of halogens is 1. The monoisotopic (exact) mass is 492 g/mol. The van der Waals surface area contributed by atoms with Gasteiger partial charge in [-0.25, -0.2) is 4.39 Å². The number of nitrogens with zero attached hydrogens (tertiary/aromatic N) is 2. The second-order valence-electron chi connectivity index (χ2n) is 8.44. The maximum absolute atomic E-state index is 13.0. The molecule has 3 aromatic rings. The predicted molar refractivity (Wildman–Crippen MR) is 138 cm³/mol. The molecule has 1 heterocycles. The van der Waals surface area contributed by atoms with Crippen molar-refractivity contribution in [2.75, 3.05) is 43.4 Å². The molecule has 6 nitrogen and oxygen atoms in total. The Bertz CT molecular complexity index is 1140. The molecule has 2 N–H and O–H groups in total. The van der Waals surface area contributed by atoms with Crippen LogP contribution in [0.15, 0.2) is 88.7 Å². The fourth-order valence-electron chi connectivity index (χ4n) is 3.92. The van der Waals surface area contributed by atoms with Gasteiger partial charge in [-0.15, -0.1) is 0 Å². The molecule has 2 amide bonds.